The molecule has 0 aliphatic carbocycles. The smallest absolute Gasteiger partial charge is 0.407 e. The van der Waals surface area contributed by atoms with Crippen molar-refractivity contribution in [1.82, 2.24) is 10.3 Å². The highest BCUT2D eigenvalue weighted by atomic mass is 16.6. The van der Waals surface area contributed by atoms with Crippen LogP contribution in [0.2, 0.25) is 0 Å². The molecule has 1 unspecified atom stereocenters. The molecule has 5 heteroatoms. The van der Waals surface area contributed by atoms with Crippen LogP contribution >= 0.6 is 0 Å². The zero-order valence-electron chi connectivity index (χ0n) is 7.69. The number of pyridine rings is 1. The number of carbonyl (C=O) groups is 1. The number of aromatic nitrogens is 1. The van der Waals surface area contributed by atoms with Crippen LogP contribution < -0.4 is 10.1 Å². The lowest BCUT2D eigenvalue weighted by Gasteiger charge is -2.08. The molecule has 1 aromatic rings. The Balaban J connectivity index is 2.19. The second-order valence-corrected chi connectivity index (χ2v) is 2.93. The SMILES string of the molecule is COc1cncc(C2CNC(=O)O2)c1. The van der Waals surface area contributed by atoms with Gasteiger partial charge in [0.1, 0.15) is 11.9 Å². The largest absolute Gasteiger partial charge is 0.495 e. The maximum atomic E-state index is 10.8. The maximum Gasteiger partial charge on any atom is 0.407 e. The number of nitrogens with one attached hydrogen (secondary N) is 1. The fraction of sp³-hybridized carbons (Fsp3) is 0.333. The Labute approximate surface area is 81.0 Å². The standard InChI is InChI=1S/C9H10N2O3/c1-13-7-2-6(3-10-4-7)8-5-11-9(12)14-8/h2-4,8H,5H2,1H3,(H,11,12). The molecule has 0 aromatic carbocycles. The highest BCUT2D eigenvalue weighted by Crippen LogP contribution is 2.22. The Morgan fingerprint density at radius 2 is 2.50 bits per heavy atom. The number of alkyl carbamates (subject to hydrolysis) is 1. The Morgan fingerprint density at radius 3 is 3.14 bits per heavy atom. The van der Waals surface area contributed by atoms with Gasteiger partial charge in [-0.15, -0.1) is 0 Å². The minimum absolute atomic E-state index is 0.259. The van der Waals surface area contributed by atoms with Crippen molar-refractivity contribution in [3.05, 3.63) is 24.0 Å². The quantitative estimate of drug-likeness (QED) is 0.758. The van der Waals surface area contributed by atoms with Crippen LogP contribution in [0.3, 0.4) is 0 Å². The van der Waals surface area contributed by atoms with Crippen LogP contribution in [0, 0.1) is 0 Å². The van der Waals surface area contributed by atoms with Gasteiger partial charge in [-0.1, -0.05) is 0 Å². The van der Waals surface area contributed by atoms with Crippen LogP contribution in [0.4, 0.5) is 4.79 Å². The molecule has 2 heterocycles. The third-order valence-corrected chi connectivity index (χ3v) is 2.02. The second-order valence-electron chi connectivity index (χ2n) is 2.93. The van der Waals surface area contributed by atoms with Crippen molar-refractivity contribution in [2.45, 2.75) is 6.10 Å². The van der Waals surface area contributed by atoms with Crippen molar-refractivity contribution in [3.8, 4) is 5.75 Å². The van der Waals surface area contributed by atoms with Crippen LogP contribution in [0.25, 0.3) is 0 Å². The van der Waals surface area contributed by atoms with Gasteiger partial charge in [-0.05, 0) is 6.07 Å². The predicted octanol–water partition coefficient (Wildman–Crippen LogP) is 0.871. The minimum Gasteiger partial charge on any atom is -0.495 e. The van der Waals surface area contributed by atoms with Gasteiger partial charge in [-0.25, -0.2) is 4.79 Å². The normalized spacial score (nSPS) is 20.1. The monoisotopic (exact) mass is 194 g/mol. The first-order valence-corrected chi connectivity index (χ1v) is 4.23. The summed E-state index contributed by atoms with van der Waals surface area (Å²) in [5.41, 5.74) is 0.836. The van der Waals surface area contributed by atoms with Gasteiger partial charge in [-0.2, -0.15) is 0 Å². The van der Waals surface area contributed by atoms with Crippen molar-refractivity contribution in [2.24, 2.45) is 0 Å². The molecule has 14 heavy (non-hydrogen) atoms. The number of ether oxygens (including phenoxy) is 2. The van der Waals surface area contributed by atoms with E-state index >= 15 is 0 Å². The fourth-order valence-corrected chi connectivity index (χ4v) is 1.30. The molecule has 2 rings (SSSR count). The lowest BCUT2D eigenvalue weighted by atomic mass is 10.1. The average Bonchev–Trinajstić information content (AvgIpc) is 2.65. The molecule has 1 atom stereocenters. The molecule has 1 fully saturated rings. The number of hydrogen-bond acceptors (Lipinski definition) is 4. The first-order valence-electron chi connectivity index (χ1n) is 4.23. The highest BCUT2D eigenvalue weighted by Gasteiger charge is 2.24. The molecular formula is C9H10N2O3. The third-order valence-electron chi connectivity index (χ3n) is 2.02. The van der Waals surface area contributed by atoms with Gasteiger partial charge in [0.15, 0.2) is 0 Å². The van der Waals surface area contributed by atoms with Crippen LogP contribution in [0.5, 0.6) is 5.75 Å². The summed E-state index contributed by atoms with van der Waals surface area (Å²) in [7, 11) is 1.57. The summed E-state index contributed by atoms with van der Waals surface area (Å²) >= 11 is 0. The molecule has 0 bridgehead atoms. The molecule has 1 N–H and O–H groups in total. The fourth-order valence-electron chi connectivity index (χ4n) is 1.30. The van der Waals surface area contributed by atoms with E-state index < -0.39 is 6.09 Å². The Bertz CT molecular complexity index is 354. The number of amides is 1. The Hall–Kier alpha value is -1.78. The van der Waals surface area contributed by atoms with Gasteiger partial charge in [0.25, 0.3) is 0 Å². The van der Waals surface area contributed by atoms with Crippen molar-refractivity contribution < 1.29 is 14.3 Å². The van der Waals surface area contributed by atoms with Crippen LogP contribution in [-0.4, -0.2) is 24.7 Å². The molecule has 74 valence electrons. The molecule has 0 radical (unpaired) electrons. The average molecular weight is 194 g/mol. The van der Waals surface area contributed by atoms with Gasteiger partial charge in [0.05, 0.1) is 19.9 Å². The van der Waals surface area contributed by atoms with E-state index in [-0.39, 0.29) is 6.10 Å². The van der Waals surface area contributed by atoms with E-state index in [4.69, 9.17) is 9.47 Å². The predicted molar refractivity (Wildman–Crippen MR) is 48.0 cm³/mol. The summed E-state index contributed by atoms with van der Waals surface area (Å²) in [6.07, 6.45) is 2.61. The topological polar surface area (TPSA) is 60.5 Å². The van der Waals surface area contributed by atoms with E-state index in [1.165, 1.54) is 0 Å². The molecular weight excluding hydrogens is 184 g/mol. The zero-order valence-corrected chi connectivity index (χ0v) is 7.69. The Kier molecular flexibility index (Phi) is 2.22. The van der Waals surface area contributed by atoms with Crippen molar-refractivity contribution in [3.63, 3.8) is 0 Å². The molecule has 1 aromatic heterocycles. The number of cyclic esters (lactones) is 1. The van der Waals surface area contributed by atoms with E-state index in [2.05, 4.69) is 10.3 Å². The van der Waals surface area contributed by atoms with Gasteiger partial charge in [-0.3, -0.25) is 4.98 Å². The van der Waals surface area contributed by atoms with Crippen molar-refractivity contribution in [2.75, 3.05) is 13.7 Å². The minimum atomic E-state index is -0.391. The second kappa shape index (κ2) is 3.53. The van der Waals surface area contributed by atoms with Crippen molar-refractivity contribution >= 4 is 6.09 Å². The summed E-state index contributed by atoms with van der Waals surface area (Å²) < 4.78 is 10.0. The molecule has 1 aliphatic rings. The number of carbonyl (C=O) groups excluding carboxylic acids is 1. The van der Waals surface area contributed by atoms with Gasteiger partial charge in [0.2, 0.25) is 0 Å². The summed E-state index contributed by atoms with van der Waals surface area (Å²) in [4.78, 5) is 14.8. The van der Waals surface area contributed by atoms with E-state index in [0.717, 1.165) is 5.56 Å². The molecule has 1 saturated heterocycles. The summed E-state index contributed by atoms with van der Waals surface area (Å²) in [5.74, 6) is 0.658. The Morgan fingerprint density at radius 1 is 1.64 bits per heavy atom. The van der Waals surface area contributed by atoms with E-state index in [1.807, 2.05) is 0 Å². The van der Waals surface area contributed by atoms with Crippen LogP contribution in [-0.2, 0) is 4.74 Å². The summed E-state index contributed by atoms with van der Waals surface area (Å²) in [6, 6.07) is 1.80. The van der Waals surface area contributed by atoms with Gasteiger partial charge < -0.3 is 14.8 Å². The van der Waals surface area contributed by atoms with Gasteiger partial charge >= 0.3 is 6.09 Å². The van der Waals surface area contributed by atoms with Crippen LogP contribution in [0.1, 0.15) is 11.7 Å². The molecule has 0 spiro atoms. The first kappa shape index (κ1) is 8.80. The third kappa shape index (κ3) is 1.61. The lowest BCUT2D eigenvalue weighted by Crippen LogP contribution is -2.12. The first-order chi connectivity index (χ1) is 6.79. The molecule has 1 aliphatic heterocycles. The van der Waals surface area contributed by atoms with E-state index in [1.54, 1.807) is 25.6 Å². The van der Waals surface area contributed by atoms with Gasteiger partial charge in [0, 0.05) is 11.8 Å². The summed E-state index contributed by atoms with van der Waals surface area (Å²) in [5, 5.41) is 2.58. The summed E-state index contributed by atoms with van der Waals surface area (Å²) in [6.45, 7) is 0.480. The molecule has 5 nitrogen and oxygen atoms in total. The zero-order chi connectivity index (χ0) is 9.97. The van der Waals surface area contributed by atoms with Crippen molar-refractivity contribution in [1.29, 1.82) is 0 Å². The number of rotatable bonds is 2. The van der Waals surface area contributed by atoms with E-state index in [0.29, 0.717) is 12.3 Å². The maximum absolute atomic E-state index is 10.8. The lowest BCUT2D eigenvalue weighted by molar-refractivity contribution is 0.141. The highest BCUT2D eigenvalue weighted by molar-refractivity contribution is 5.69. The number of nitrogens with zero attached hydrogens (tertiary/aromatic N) is 1. The number of hydrogen-bond donors (Lipinski definition) is 1. The molecule has 1 amide bonds. The van der Waals surface area contributed by atoms with E-state index in [9.17, 15) is 4.79 Å². The van der Waals surface area contributed by atoms with Crippen LogP contribution in [0.15, 0.2) is 18.5 Å². The number of methoxy groups -OCH3 is 1. The molecule has 0 saturated carbocycles.